The Balaban J connectivity index is 1.15. The molecule has 1 saturated carbocycles. The lowest BCUT2D eigenvalue weighted by molar-refractivity contribution is 0.122. The van der Waals surface area contributed by atoms with Gasteiger partial charge in [-0.15, -0.1) is 0 Å². The predicted octanol–water partition coefficient (Wildman–Crippen LogP) is 9.11. The van der Waals surface area contributed by atoms with Crippen LogP contribution in [0.5, 0.6) is 11.5 Å². The normalized spacial score (nSPS) is 17.8. The van der Waals surface area contributed by atoms with E-state index >= 15 is 0 Å². The van der Waals surface area contributed by atoms with Crippen molar-refractivity contribution < 1.29 is 14.2 Å². The highest BCUT2D eigenvalue weighted by molar-refractivity contribution is 5.38. The molecule has 36 heavy (non-hydrogen) atoms. The molecule has 0 amide bonds. The van der Waals surface area contributed by atoms with Gasteiger partial charge in [0, 0.05) is 13.2 Å². The van der Waals surface area contributed by atoms with Gasteiger partial charge in [0.2, 0.25) is 0 Å². The summed E-state index contributed by atoms with van der Waals surface area (Å²) >= 11 is 0. The van der Waals surface area contributed by atoms with Gasteiger partial charge in [0.05, 0.1) is 13.2 Å². The number of rotatable bonds is 16. The summed E-state index contributed by atoms with van der Waals surface area (Å²) in [7, 11) is 0. The van der Waals surface area contributed by atoms with Crippen LogP contribution in [0.1, 0.15) is 106 Å². The van der Waals surface area contributed by atoms with E-state index in [1.54, 1.807) is 0 Å². The summed E-state index contributed by atoms with van der Waals surface area (Å²) in [6, 6.07) is 13.2. The third-order valence-corrected chi connectivity index (χ3v) is 7.81. The molecule has 0 bridgehead atoms. The minimum Gasteiger partial charge on any atom is -0.493 e. The molecule has 1 fully saturated rings. The maximum Gasteiger partial charge on any atom is 0.122 e. The second kappa shape index (κ2) is 16.0. The molecule has 200 valence electrons. The summed E-state index contributed by atoms with van der Waals surface area (Å²) in [5.41, 5.74) is 5.30. The second-order valence-electron chi connectivity index (χ2n) is 10.9. The average molecular weight is 495 g/mol. The van der Waals surface area contributed by atoms with Crippen molar-refractivity contribution in [3.05, 3.63) is 58.7 Å². The summed E-state index contributed by atoms with van der Waals surface area (Å²) < 4.78 is 17.8. The molecular formula is C33H50O3. The molecule has 0 N–H and O–H groups in total. The summed E-state index contributed by atoms with van der Waals surface area (Å²) in [6.07, 6.45) is 13.5. The number of hydrogen-bond donors (Lipinski definition) is 0. The van der Waals surface area contributed by atoms with Crippen LogP contribution in [0, 0.1) is 26.7 Å². The van der Waals surface area contributed by atoms with E-state index in [2.05, 4.69) is 64.1 Å². The molecule has 3 rings (SSSR count). The Hall–Kier alpha value is -2.00. The van der Waals surface area contributed by atoms with Crippen LogP contribution >= 0.6 is 0 Å². The zero-order valence-corrected chi connectivity index (χ0v) is 23.5. The van der Waals surface area contributed by atoms with E-state index in [-0.39, 0.29) is 0 Å². The maximum absolute atomic E-state index is 6.07. The minimum absolute atomic E-state index is 0.744. The van der Waals surface area contributed by atoms with Crippen molar-refractivity contribution in [2.24, 2.45) is 5.92 Å². The van der Waals surface area contributed by atoms with Crippen LogP contribution in [-0.2, 0) is 4.74 Å². The lowest BCUT2D eigenvalue weighted by Crippen LogP contribution is -2.12. The van der Waals surface area contributed by atoms with Crippen molar-refractivity contribution in [2.75, 3.05) is 26.4 Å². The van der Waals surface area contributed by atoms with Crippen LogP contribution in [0.25, 0.3) is 0 Å². The van der Waals surface area contributed by atoms with E-state index < -0.39 is 0 Å². The van der Waals surface area contributed by atoms with Crippen molar-refractivity contribution in [3.8, 4) is 11.5 Å². The molecule has 0 spiro atoms. The number of unbranched alkanes of at least 4 members (excludes halogenated alkanes) is 4. The first kappa shape index (κ1) is 28.6. The van der Waals surface area contributed by atoms with Crippen LogP contribution in [0.15, 0.2) is 36.4 Å². The third kappa shape index (κ3) is 9.81. The van der Waals surface area contributed by atoms with Crippen molar-refractivity contribution in [2.45, 2.75) is 104 Å². The SMILES string of the molecule is CCC1CCC(c2ccc(OCCCCOCCCCCCOc3ccc(C)cc3C)c(C)c2)CC1. The van der Waals surface area contributed by atoms with E-state index in [1.807, 2.05) is 0 Å². The highest BCUT2D eigenvalue weighted by Gasteiger charge is 2.21. The first-order valence-corrected chi connectivity index (χ1v) is 14.6. The third-order valence-electron chi connectivity index (χ3n) is 7.81. The summed E-state index contributed by atoms with van der Waals surface area (Å²) in [4.78, 5) is 0. The maximum atomic E-state index is 6.07. The Morgan fingerprint density at radius 3 is 1.81 bits per heavy atom. The molecule has 0 radical (unpaired) electrons. The minimum atomic E-state index is 0.744. The smallest absolute Gasteiger partial charge is 0.122 e. The number of aryl methyl sites for hydroxylation is 3. The van der Waals surface area contributed by atoms with Crippen LogP contribution in [0.4, 0.5) is 0 Å². The van der Waals surface area contributed by atoms with Gasteiger partial charge >= 0.3 is 0 Å². The summed E-state index contributed by atoms with van der Waals surface area (Å²) in [6.45, 7) is 12.0. The second-order valence-corrected chi connectivity index (χ2v) is 10.9. The lowest BCUT2D eigenvalue weighted by Gasteiger charge is -2.28. The van der Waals surface area contributed by atoms with Gasteiger partial charge in [-0.3, -0.25) is 0 Å². The predicted molar refractivity (Wildman–Crippen MR) is 152 cm³/mol. The van der Waals surface area contributed by atoms with E-state index in [9.17, 15) is 0 Å². The van der Waals surface area contributed by atoms with E-state index in [0.717, 1.165) is 75.4 Å². The molecule has 2 aromatic carbocycles. The molecule has 0 atom stereocenters. The molecule has 0 saturated heterocycles. The standard InChI is InChI=1S/C33H50O3/c1-5-29-13-15-30(16-14-29)31-17-19-33(28(4)25-31)36-23-11-10-21-34-20-8-6-7-9-22-35-32-18-12-26(2)24-27(32)3/h12,17-19,24-25,29-30H,5-11,13-16,20-23H2,1-4H3. The zero-order chi connectivity index (χ0) is 25.6. The van der Waals surface area contributed by atoms with Gasteiger partial charge in [-0.2, -0.15) is 0 Å². The van der Waals surface area contributed by atoms with E-state index in [4.69, 9.17) is 14.2 Å². The lowest BCUT2D eigenvalue weighted by atomic mass is 9.77. The molecule has 0 aliphatic heterocycles. The van der Waals surface area contributed by atoms with Gasteiger partial charge in [0.15, 0.2) is 0 Å². The molecular weight excluding hydrogens is 444 g/mol. The molecule has 0 aromatic heterocycles. The van der Waals surface area contributed by atoms with Crippen molar-refractivity contribution in [1.29, 1.82) is 0 Å². The van der Waals surface area contributed by atoms with Gasteiger partial charge < -0.3 is 14.2 Å². The Kier molecular flexibility index (Phi) is 12.7. The van der Waals surface area contributed by atoms with Crippen LogP contribution in [-0.4, -0.2) is 26.4 Å². The van der Waals surface area contributed by atoms with Gasteiger partial charge in [-0.1, -0.05) is 49.6 Å². The van der Waals surface area contributed by atoms with E-state index in [1.165, 1.54) is 67.2 Å². The quantitative estimate of drug-likeness (QED) is 0.218. The molecule has 1 aliphatic rings. The molecule has 3 nitrogen and oxygen atoms in total. The first-order valence-electron chi connectivity index (χ1n) is 14.6. The van der Waals surface area contributed by atoms with Gasteiger partial charge in [0.1, 0.15) is 11.5 Å². The fourth-order valence-corrected chi connectivity index (χ4v) is 5.39. The highest BCUT2D eigenvalue weighted by atomic mass is 16.5. The first-order chi connectivity index (χ1) is 17.6. The molecule has 0 heterocycles. The Morgan fingerprint density at radius 2 is 1.19 bits per heavy atom. The van der Waals surface area contributed by atoms with E-state index in [0.29, 0.717) is 0 Å². The molecule has 0 unspecified atom stereocenters. The van der Waals surface area contributed by atoms with Gasteiger partial charge in [0.25, 0.3) is 0 Å². The van der Waals surface area contributed by atoms with Crippen molar-refractivity contribution in [3.63, 3.8) is 0 Å². The largest absolute Gasteiger partial charge is 0.493 e. The monoisotopic (exact) mass is 494 g/mol. The zero-order valence-electron chi connectivity index (χ0n) is 23.5. The molecule has 2 aromatic rings. The molecule has 3 heteroatoms. The van der Waals surface area contributed by atoms with Crippen LogP contribution in [0.2, 0.25) is 0 Å². The fourth-order valence-electron chi connectivity index (χ4n) is 5.39. The molecule has 1 aliphatic carbocycles. The van der Waals surface area contributed by atoms with Crippen LogP contribution < -0.4 is 9.47 Å². The van der Waals surface area contributed by atoms with Gasteiger partial charge in [-0.25, -0.2) is 0 Å². The highest BCUT2D eigenvalue weighted by Crippen LogP contribution is 2.38. The topological polar surface area (TPSA) is 27.7 Å². The Bertz CT molecular complexity index is 882. The van der Waals surface area contributed by atoms with Crippen molar-refractivity contribution in [1.82, 2.24) is 0 Å². The van der Waals surface area contributed by atoms with Gasteiger partial charge in [-0.05, 0) is 119 Å². The summed E-state index contributed by atoms with van der Waals surface area (Å²) in [5, 5.41) is 0. The van der Waals surface area contributed by atoms with Crippen LogP contribution in [0.3, 0.4) is 0 Å². The average Bonchev–Trinajstić information content (AvgIpc) is 2.88. The Labute approximate surface area is 220 Å². The number of hydrogen-bond acceptors (Lipinski definition) is 3. The van der Waals surface area contributed by atoms with Crippen molar-refractivity contribution >= 4 is 0 Å². The number of benzene rings is 2. The Morgan fingerprint density at radius 1 is 0.639 bits per heavy atom. The number of ether oxygens (including phenoxy) is 3. The fraction of sp³-hybridized carbons (Fsp3) is 0.636. The summed E-state index contributed by atoms with van der Waals surface area (Å²) in [5.74, 6) is 3.76.